The predicted octanol–water partition coefficient (Wildman–Crippen LogP) is 2.96. The number of ether oxygens (including phenoxy) is 2. The maximum Gasteiger partial charge on any atom is 0.161 e. The van der Waals surface area contributed by atoms with Gasteiger partial charge in [-0.1, -0.05) is 36.4 Å². The van der Waals surface area contributed by atoms with Crippen molar-refractivity contribution in [2.24, 2.45) is 0 Å². The topological polar surface area (TPSA) is 45.2 Å². The minimum Gasteiger partial charge on any atom is -0.493 e. The predicted molar refractivity (Wildman–Crippen MR) is 115 cm³/mol. The fraction of sp³-hybridized carbons (Fsp3) is 0.500. The monoisotopic (exact) mass is 396 g/mol. The molecular formula is C24H32N2O3. The van der Waals surface area contributed by atoms with Crippen molar-refractivity contribution in [2.75, 3.05) is 40.0 Å². The van der Waals surface area contributed by atoms with Crippen molar-refractivity contribution in [3.63, 3.8) is 0 Å². The Bertz CT molecular complexity index is 783. The van der Waals surface area contributed by atoms with Crippen molar-refractivity contribution in [3.8, 4) is 11.5 Å². The second-order valence-electron chi connectivity index (χ2n) is 8.12. The summed E-state index contributed by atoms with van der Waals surface area (Å²) < 4.78 is 11.1. The molecule has 0 amide bonds. The van der Waals surface area contributed by atoms with Crippen molar-refractivity contribution in [2.45, 2.75) is 37.9 Å². The second kappa shape index (κ2) is 9.61. The van der Waals surface area contributed by atoms with Gasteiger partial charge in [0.25, 0.3) is 0 Å². The van der Waals surface area contributed by atoms with Gasteiger partial charge in [-0.05, 0) is 49.1 Å². The Morgan fingerprint density at radius 2 is 1.90 bits per heavy atom. The molecule has 2 atom stereocenters. The van der Waals surface area contributed by atoms with Gasteiger partial charge in [0, 0.05) is 31.7 Å². The summed E-state index contributed by atoms with van der Waals surface area (Å²) in [5.41, 5.74) is 2.65. The molecule has 2 aliphatic rings. The highest BCUT2D eigenvalue weighted by Crippen LogP contribution is 2.31. The van der Waals surface area contributed by atoms with Crippen LogP contribution in [0, 0.1) is 0 Å². The standard InChI is InChI=1S/C24H32N2O3/c1-28-24-15-20(9-10-23(24)29-13-12-27)16-26-17-21-8-5-11-25(21)18-22(26)14-19-6-3-2-4-7-19/h2-4,6-7,9-10,15,21-22,27H,5,8,11-14,16-18H2,1H3/t21-,22+/m0/s1. The van der Waals surface area contributed by atoms with Crippen LogP contribution in [-0.4, -0.2) is 66.9 Å². The molecule has 5 nitrogen and oxygen atoms in total. The van der Waals surface area contributed by atoms with Crippen LogP contribution in [-0.2, 0) is 13.0 Å². The molecule has 2 heterocycles. The van der Waals surface area contributed by atoms with Crippen molar-refractivity contribution in [3.05, 3.63) is 59.7 Å². The normalized spacial score (nSPS) is 22.4. The molecule has 2 aromatic carbocycles. The lowest BCUT2D eigenvalue weighted by Crippen LogP contribution is -2.56. The van der Waals surface area contributed by atoms with E-state index in [0.29, 0.717) is 17.8 Å². The third kappa shape index (κ3) is 4.92. The van der Waals surface area contributed by atoms with Gasteiger partial charge in [0.05, 0.1) is 13.7 Å². The summed E-state index contributed by atoms with van der Waals surface area (Å²) in [6.07, 6.45) is 3.71. The molecule has 0 radical (unpaired) electrons. The highest BCUT2D eigenvalue weighted by Gasteiger charge is 2.36. The molecule has 0 saturated carbocycles. The molecule has 0 unspecified atom stereocenters. The lowest BCUT2D eigenvalue weighted by molar-refractivity contribution is 0.0455. The first-order chi connectivity index (χ1) is 14.3. The number of hydrogen-bond donors (Lipinski definition) is 1. The average molecular weight is 397 g/mol. The van der Waals surface area contributed by atoms with E-state index in [-0.39, 0.29) is 13.2 Å². The van der Waals surface area contributed by atoms with Gasteiger partial charge in [0.15, 0.2) is 11.5 Å². The number of hydrogen-bond acceptors (Lipinski definition) is 5. The van der Waals surface area contributed by atoms with Gasteiger partial charge in [0.1, 0.15) is 6.61 Å². The first kappa shape index (κ1) is 20.2. The summed E-state index contributed by atoms with van der Waals surface area (Å²) >= 11 is 0. The number of benzene rings is 2. The SMILES string of the molecule is COc1cc(CN2C[C@@H]3CCCN3C[C@H]2Cc2ccccc2)ccc1OCCO. The number of aliphatic hydroxyl groups excluding tert-OH is 1. The molecule has 4 rings (SSSR count). The second-order valence-corrected chi connectivity index (χ2v) is 8.12. The summed E-state index contributed by atoms with van der Waals surface area (Å²) in [5.74, 6) is 1.42. The minimum absolute atomic E-state index is 0.00224. The van der Waals surface area contributed by atoms with E-state index in [2.05, 4.69) is 52.3 Å². The van der Waals surface area contributed by atoms with Crippen molar-refractivity contribution in [1.29, 1.82) is 0 Å². The van der Waals surface area contributed by atoms with Crippen molar-refractivity contribution >= 4 is 0 Å². The number of aliphatic hydroxyl groups is 1. The van der Waals surface area contributed by atoms with E-state index in [1.807, 2.05) is 6.07 Å². The molecule has 156 valence electrons. The number of rotatable bonds is 8. The Morgan fingerprint density at radius 3 is 2.69 bits per heavy atom. The zero-order valence-corrected chi connectivity index (χ0v) is 17.3. The first-order valence-electron chi connectivity index (χ1n) is 10.7. The summed E-state index contributed by atoms with van der Waals surface area (Å²) in [6.45, 7) is 4.71. The van der Waals surface area contributed by atoms with E-state index in [1.165, 1.54) is 30.5 Å². The van der Waals surface area contributed by atoms with Crippen LogP contribution < -0.4 is 9.47 Å². The maximum absolute atomic E-state index is 9.01. The fourth-order valence-corrected chi connectivity index (χ4v) is 4.74. The lowest BCUT2D eigenvalue weighted by atomic mass is 9.99. The summed E-state index contributed by atoms with van der Waals surface area (Å²) in [4.78, 5) is 5.35. The average Bonchev–Trinajstić information content (AvgIpc) is 3.21. The third-order valence-electron chi connectivity index (χ3n) is 6.18. The van der Waals surface area contributed by atoms with Crippen molar-refractivity contribution in [1.82, 2.24) is 9.80 Å². The van der Waals surface area contributed by atoms with E-state index < -0.39 is 0 Å². The van der Waals surface area contributed by atoms with Gasteiger partial charge in [-0.15, -0.1) is 0 Å². The van der Waals surface area contributed by atoms with E-state index in [9.17, 15) is 0 Å². The molecule has 2 aliphatic heterocycles. The van der Waals surface area contributed by atoms with Gasteiger partial charge in [-0.2, -0.15) is 0 Å². The van der Waals surface area contributed by atoms with Crippen LogP contribution in [0.5, 0.6) is 11.5 Å². The molecule has 0 aliphatic carbocycles. The summed E-state index contributed by atoms with van der Waals surface area (Å²) in [5, 5.41) is 9.01. The van der Waals surface area contributed by atoms with Crippen LogP contribution in [0.15, 0.2) is 48.5 Å². The van der Waals surface area contributed by atoms with Gasteiger partial charge < -0.3 is 14.6 Å². The molecule has 0 spiro atoms. The smallest absolute Gasteiger partial charge is 0.161 e. The molecule has 0 aromatic heterocycles. The molecule has 2 aromatic rings. The first-order valence-corrected chi connectivity index (χ1v) is 10.7. The van der Waals surface area contributed by atoms with Crippen LogP contribution in [0.2, 0.25) is 0 Å². The van der Waals surface area contributed by atoms with Crippen LogP contribution >= 0.6 is 0 Å². The Labute approximate surface area is 173 Å². The molecule has 5 heteroatoms. The summed E-state index contributed by atoms with van der Waals surface area (Å²) in [6, 6.07) is 18.2. The Kier molecular flexibility index (Phi) is 6.70. The van der Waals surface area contributed by atoms with Crippen molar-refractivity contribution < 1.29 is 14.6 Å². The lowest BCUT2D eigenvalue weighted by Gasteiger charge is -2.44. The van der Waals surface area contributed by atoms with Crippen LogP contribution in [0.3, 0.4) is 0 Å². The van der Waals surface area contributed by atoms with Gasteiger partial charge in [-0.3, -0.25) is 9.80 Å². The van der Waals surface area contributed by atoms with Crippen LogP contribution in [0.4, 0.5) is 0 Å². The fourth-order valence-electron chi connectivity index (χ4n) is 4.74. The zero-order valence-electron chi connectivity index (χ0n) is 17.3. The molecule has 0 bridgehead atoms. The highest BCUT2D eigenvalue weighted by molar-refractivity contribution is 5.43. The molecule has 2 fully saturated rings. The van der Waals surface area contributed by atoms with E-state index in [4.69, 9.17) is 14.6 Å². The van der Waals surface area contributed by atoms with E-state index >= 15 is 0 Å². The van der Waals surface area contributed by atoms with Gasteiger partial charge >= 0.3 is 0 Å². The Balaban J connectivity index is 1.50. The van der Waals surface area contributed by atoms with Crippen LogP contribution in [0.1, 0.15) is 24.0 Å². The zero-order chi connectivity index (χ0) is 20.1. The molecule has 1 N–H and O–H groups in total. The number of piperazine rings is 1. The number of fused-ring (bicyclic) bond motifs is 1. The Morgan fingerprint density at radius 1 is 1.03 bits per heavy atom. The Hall–Kier alpha value is -2.08. The largest absolute Gasteiger partial charge is 0.493 e. The van der Waals surface area contributed by atoms with E-state index in [1.54, 1.807) is 7.11 Å². The summed E-state index contributed by atoms with van der Waals surface area (Å²) in [7, 11) is 1.67. The van der Waals surface area contributed by atoms with Crippen LogP contribution in [0.25, 0.3) is 0 Å². The quantitative estimate of drug-likeness (QED) is 0.743. The molecule has 29 heavy (non-hydrogen) atoms. The molecular weight excluding hydrogens is 364 g/mol. The van der Waals surface area contributed by atoms with E-state index in [0.717, 1.165) is 31.8 Å². The van der Waals surface area contributed by atoms with Gasteiger partial charge in [-0.25, -0.2) is 0 Å². The minimum atomic E-state index is -0.00224. The third-order valence-corrected chi connectivity index (χ3v) is 6.18. The highest BCUT2D eigenvalue weighted by atomic mass is 16.5. The maximum atomic E-state index is 9.01. The molecule has 2 saturated heterocycles. The van der Waals surface area contributed by atoms with Gasteiger partial charge in [0.2, 0.25) is 0 Å². The number of methoxy groups -OCH3 is 1. The number of nitrogens with zero attached hydrogens (tertiary/aromatic N) is 2.